The van der Waals surface area contributed by atoms with E-state index in [9.17, 15) is 9.59 Å². The number of aromatic amines is 1. The summed E-state index contributed by atoms with van der Waals surface area (Å²) in [5.74, 6) is -1.62. The second-order valence-electron chi connectivity index (χ2n) is 3.21. The first-order valence-electron chi connectivity index (χ1n) is 4.73. The molecule has 0 aliphatic carbocycles. The van der Waals surface area contributed by atoms with Gasteiger partial charge in [0.2, 0.25) is 5.91 Å². The monoisotopic (exact) mass is 227 g/mol. The van der Waals surface area contributed by atoms with Crippen molar-refractivity contribution in [1.82, 2.24) is 15.3 Å². The van der Waals surface area contributed by atoms with Gasteiger partial charge in [0.1, 0.15) is 6.04 Å². The quantitative estimate of drug-likeness (QED) is 0.492. The highest BCUT2D eigenvalue weighted by Gasteiger charge is 2.20. The van der Waals surface area contributed by atoms with Gasteiger partial charge in [0.15, 0.2) is 0 Å². The number of H-pyrrole nitrogens is 1. The highest BCUT2D eigenvalue weighted by molar-refractivity contribution is 5.83. The molecule has 0 saturated carbocycles. The summed E-state index contributed by atoms with van der Waals surface area (Å²) in [6.07, 6.45) is 2.96. The molecule has 7 heteroatoms. The first-order chi connectivity index (χ1) is 7.63. The smallest absolute Gasteiger partial charge is 0.326 e. The molecule has 1 rings (SSSR count). The Labute approximate surface area is 91.5 Å². The van der Waals surface area contributed by atoms with Gasteiger partial charge in [0.05, 0.1) is 12.9 Å². The summed E-state index contributed by atoms with van der Waals surface area (Å²) in [6.45, 7) is -0.303. The van der Waals surface area contributed by atoms with Gasteiger partial charge in [0.25, 0.3) is 0 Å². The van der Waals surface area contributed by atoms with E-state index in [1.807, 2.05) is 0 Å². The Bertz CT molecular complexity index is 350. The van der Waals surface area contributed by atoms with Crippen LogP contribution in [0.3, 0.4) is 0 Å². The van der Waals surface area contributed by atoms with Gasteiger partial charge in [-0.05, 0) is 0 Å². The molecule has 1 heterocycles. The largest absolute Gasteiger partial charge is 0.480 e. The maximum Gasteiger partial charge on any atom is 0.326 e. The molecular formula is C9H13N3O4. The fraction of sp³-hybridized carbons (Fsp3) is 0.444. The number of aliphatic hydroxyl groups excluding tert-OH is 1. The molecule has 0 spiro atoms. The number of nitrogens with one attached hydrogen (secondary N) is 2. The van der Waals surface area contributed by atoms with Gasteiger partial charge in [0, 0.05) is 24.7 Å². The zero-order chi connectivity index (χ0) is 12.0. The van der Waals surface area contributed by atoms with Crippen LogP contribution in [-0.4, -0.2) is 44.7 Å². The molecule has 0 aliphatic heterocycles. The average molecular weight is 227 g/mol. The van der Waals surface area contributed by atoms with E-state index in [0.717, 1.165) is 0 Å². The van der Waals surface area contributed by atoms with E-state index >= 15 is 0 Å². The molecule has 1 atom stereocenters. The number of carboxylic acids is 1. The van der Waals surface area contributed by atoms with Gasteiger partial charge < -0.3 is 20.5 Å². The molecule has 7 nitrogen and oxygen atoms in total. The number of carbonyl (C=O) groups is 2. The summed E-state index contributed by atoms with van der Waals surface area (Å²) >= 11 is 0. The summed E-state index contributed by atoms with van der Waals surface area (Å²) in [5.41, 5.74) is 0.622. The number of aliphatic carboxylic acids is 1. The number of rotatable bonds is 6. The molecule has 0 bridgehead atoms. The molecule has 1 aromatic rings. The van der Waals surface area contributed by atoms with Gasteiger partial charge in [-0.3, -0.25) is 4.79 Å². The normalized spacial score (nSPS) is 12.1. The standard InChI is InChI=1S/C9H13N3O4/c13-2-1-8(14)12-7(9(15)16)3-6-4-10-5-11-6/h4-5,7,13H,1-3H2,(H,10,11)(H,12,14)(H,15,16). The van der Waals surface area contributed by atoms with Crippen molar-refractivity contribution in [2.75, 3.05) is 6.61 Å². The minimum absolute atomic E-state index is 0.104. The number of nitrogens with zero attached hydrogens (tertiary/aromatic N) is 1. The van der Waals surface area contributed by atoms with E-state index in [2.05, 4.69) is 15.3 Å². The molecule has 0 aliphatic rings. The van der Waals surface area contributed by atoms with Crippen molar-refractivity contribution in [3.63, 3.8) is 0 Å². The third-order valence-corrected chi connectivity index (χ3v) is 1.95. The molecule has 0 saturated heterocycles. The minimum Gasteiger partial charge on any atom is -0.480 e. The van der Waals surface area contributed by atoms with Crippen molar-refractivity contribution in [1.29, 1.82) is 0 Å². The van der Waals surface area contributed by atoms with Gasteiger partial charge >= 0.3 is 5.97 Å². The Morgan fingerprint density at radius 1 is 1.56 bits per heavy atom. The van der Waals surface area contributed by atoms with Crippen LogP contribution in [0.1, 0.15) is 12.1 Å². The molecule has 4 N–H and O–H groups in total. The highest BCUT2D eigenvalue weighted by Crippen LogP contribution is 1.99. The van der Waals surface area contributed by atoms with Gasteiger partial charge in [-0.25, -0.2) is 9.78 Å². The lowest BCUT2D eigenvalue weighted by Gasteiger charge is -2.12. The summed E-state index contributed by atoms with van der Waals surface area (Å²) in [7, 11) is 0. The van der Waals surface area contributed by atoms with Crippen LogP contribution >= 0.6 is 0 Å². The Kier molecular flexibility index (Phi) is 4.46. The Hall–Kier alpha value is -1.89. The van der Waals surface area contributed by atoms with Crippen molar-refractivity contribution in [3.8, 4) is 0 Å². The minimum atomic E-state index is -1.12. The van der Waals surface area contributed by atoms with Gasteiger partial charge in [-0.15, -0.1) is 0 Å². The molecule has 88 valence electrons. The summed E-state index contributed by atoms with van der Waals surface area (Å²) < 4.78 is 0. The maximum absolute atomic E-state index is 11.1. The van der Waals surface area contributed by atoms with E-state index in [1.54, 1.807) is 0 Å². The van der Waals surface area contributed by atoms with E-state index in [4.69, 9.17) is 10.2 Å². The van der Waals surface area contributed by atoms with E-state index in [-0.39, 0.29) is 19.4 Å². The average Bonchev–Trinajstić information content (AvgIpc) is 2.69. The number of aliphatic hydroxyl groups is 1. The SMILES string of the molecule is O=C(CCO)NC(Cc1cnc[nH]1)C(=O)O. The van der Waals surface area contributed by atoms with Crippen LogP contribution in [0.15, 0.2) is 12.5 Å². The van der Waals surface area contributed by atoms with Crippen LogP contribution in [0.2, 0.25) is 0 Å². The molecule has 0 radical (unpaired) electrons. The van der Waals surface area contributed by atoms with Crippen molar-refractivity contribution in [3.05, 3.63) is 18.2 Å². The molecule has 0 aromatic carbocycles. The van der Waals surface area contributed by atoms with Crippen molar-refractivity contribution < 1.29 is 19.8 Å². The Morgan fingerprint density at radius 2 is 2.31 bits per heavy atom. The predicted octanol–water partition coefficient (Wildman–Crippen LogP) is -1.10. The number of aromatic nitrogens is 2. The van der Waals surface area contributed by atoms with Crippen molar-refractivity contribution in [2.24, 2.45) is 0 Å². The molecular weight excluding hydrogens is 214 g/mol. The lowest BCUT2D eigenvalue weighted by Crippen LogP contribution is -2.42. The van der Waals surface area contributed by atoms with Crippen LogP contribution < -0.4 is 5.32 Å². The number of imidazole rings is 1. The van der Waals surface area contributed by atoms with E-state index in [0.29, 0.717) is 5.69 Å². The van der Waals surface area contributed by atoms with Crippen LogP contribution in [0.25, 0.3) is 0 Å². The van der Waals surface area contributed by atoms with Crippen molar-refractivity contribution in [2.45, 2.75) is 18.9 Å². The van der Waals surface area contributed by atoms with E-state index < -0.39 is 17.9 Å². The number of hydrogen-bond donors (Lipinski definition) is 4. The van der Waals surface area contributed by atoms with Gasteiger partial charge in [-0.1, -0.05) is 0 Å². The summed E-state index contributed by atoms with van der Waals surface area (Å²) in [4.78, 5) is 28.5. The topological polar surface area (TPSA) is 115 Å². The maximum atomic E-state index is 11.1. The summed E-state index contributed by atoms with van der Waals surface area (Å²) in [5, 5.41) is 19.7. The number of carboxylic acid groups (broad SMARTS) is 1. The first-order valence-corrected chi connectivity index (χ1v) is 4.73. The number of carbonyl (C=O) groups excluding carboxylic acids is 1. The van der Waals surface area contributed by atoms with Gasteiger partial charge in [-0.2, -0.15) is 0 Å². The molecule has 0 fully saturated rings. The zero-order valence-electron chi connectivity index (χ0n) is 8.51. The fourth-order valence-electron chi connectivity index (χ4n) is 1.18. The second-order valence-corrected chi connectivity index (χ2v) is 3.21. The lowest BCUT2D eigenvalue weighted by molar-refractivity contribution is -0.141. The summed E-state index contributed by atoms with van der Waals surface area (Å²) in [6, 6.07) is -1.01. The molecule has 1 amide bonds. The zero-order valence-corrected chi connectivity index (χ0v) is 8.51. The van der Waals surface area contributed by atoms with E-state index in [1.165, 1.54) is 12.5 Å². The second kappa shape index (κ2) is 5.86. The highest BCUT2D eigenvalue weighted by atomic mass is 16.4. The van der Waals surface area contributed by atoms with Crippen LogP contribution in [0.5, 0.6) is 0 Å². The molecule has 1 unspecified atom stereocenters. The number of amides is 1. The van der Waals surface area contributed by atoms with Crippen molar-refractivity contribution >= 4 is 11.9 Å². The third-order valence-electron chi connectivity index (χ3n) is 1.95. The van der Waals surface area contributed by atoms with Crippen LogP contribution in [-0.2, 0) is 16.0 Å². The Morgan fingerprint density at radius 3 is 2.81 bits per heavy atom. The third kappa shape index (κ3) is 3.70. The Balaban J connectivity index is 2.54. The molecule has 16 heavy (non-hydrogen) atoms. The fourth-order valence-corrected chi connectivity index (χ4v) is 1.18. The first kappa shape index (κ1) is 12.2. The lowest BCUT2D eigenvalue weighted by atomic mass is 10.1. The predicted molar refractivity (Wildman–Crippen MR) is 53.6 cm³/mol. The number of hydrogen-bond acceptors (Lipinski definition) is 4. The van der Waals surface area contributed by atoms with Crippen LogP contribution in [0, 0.1) is 0 Å². The van der Waals surface area contributed by atoms with Crippen LogP contribution in [0.4, 0.5) is 0 Å². The molecule has 1 aromatic heterocycles.